The van der Waals surface area contributed by atoms with E-state index in [0.29, 0.717) is 25.2 Å². The van der Waals surface area contributed by atoms with Crippen LogP contribution in [-0.4, -0.2) is 63.4 Å². The van der Waals surface area contributed by atoms with Gasteiger partial charge < -0.3 is 19.7 Å². The molecular formula is C14H26N2O3. The molecule has 1 amide bonds. The molecule has 2 saturated heterocycles. The number of rotatable bonds is 6. The summed E-state index contributed by atoms with van der Waals surface area (Å²) in [6, 6.07) is 0.445. The van der Waals surface area contributed by atoms with Crippen LogP contribution in [-0.2, 0) is 14.3 Å². The van der Waals surface area contributed by atoms with E-state index in [1.165, 1.54) is 12.8 Å². The molecule has 1 unspecified atom stereocenters. The maximum atomic E-state index is 12.2. The van der Waals surface area contributed by atoms with Gasteiger partial charge in [-0.05, 0) is 44.7 Å². The molecule has 0 aliphatic carbocycles. The molecule has 2 aliphatic heterocycles. The van der Waals surface area contributed by atoms with Crippen molar-refractivity contribution >= 4 is 5.91 Å². The number of methoxy groups -OCH3 is 1. The Morgan fingerprint density at radius 3 is 2.79 bits per heavy atom. The summed E-state index contributed by atoms with van der Waals surface area (Å²) in [5, 5.41) is 3.39. The number of likely N-dealkylation sites (tertiary alicyclic amines) is 1. The molecule has 1 N–H and O–H groups in total. The number of ether oxygens (including phenoxy) is 2. The first-order valence-electron chi connectivity index (χ1n) is 7.40. The van der Waals surface area contributed by atoms with Crippen molar-refractivity contribution in [3.8, 4) is 0 Å². The van der Waals surface area contributed by atoms with Gasteiger partial charge >= 0.3 is 0 Å². The quantitative estimate of drug-likeness (QED) is 0.720. The van der Waals surface area contributed by atoms with E-state index >= 15 is 0 Å². The molecule has 5 nitrogen and oxygen atoms in total. The average molecular weight is 270 g/mol. The lowest BCUT2D eigenvalue weighted by molar-refractivity contribution is -0.138. The molecule has 0 radical (unpaired) electrons. The Kier molecular flexibility index (Phi) is 6.07. The van der Waals surface area contributed by atoms with E-state index < -0.39 is 0 Å². The second kappa shape index (κ2) is 7.82. The van der Waals surface area contributed by atoms with Gasteiger partial charge in [0.25, 0.3) is 0 Å². The molecule has 0 bridgehead atoms. The van der Waals surface area contributed by atoms with Crippen LogP contribution in [0.1, 0.15) is 25.7 Å². The predicted molar refractivity (Wildman–Crippen MR) is 73.0 cm³/mol. The lowest BCUT2D eigenvalue weighted by atomic mass is 9.89. The van der Waals surface area contributed by atoms with Gasteiger partial charge in [0.15, 0.2) is 0 Å². The third-order valence-electron chi connectivity index (χ3n) is 4.20. The Bertz CT molecular complexity index is 280. The highest BCUT2D eigenvalue weighted by Crippen LogP contribution is 2.29. The smallest absolute Gasteiger partial charge is 0.248 e. The second-order valence-corrected chi connectivity index (χ2v) is 5.43. The van der Waals surface area contributed by atoms with E-state index in [1.807, 2.05) is 0 Å². The highest BCUT2D eigenvalue weighted by atomic mass is 16.5. The summed E-state index contributed by atoms with van der Waals surface area (Å²) >= 11 is 0. The van der Waals surface area contributed by atoms with Crippen molar-refractivity contribution in [2.24, 2.45) is 5.92 Å². The van der Waals surface area contributed by atoms with E-state index in [0.717, 1.165) is 32.5 Å². The number of piperidine rings is 1. The minimum absolute atomic E-state index is 0.150. The zero-order valence-corrected chi connectivity index (χ0v) is 11.9. The maximum Gasteiger partial charge on any atom is 0.248 e. The van der Waals surface area contributed by atoms with Crippen LogP contribution >= 0.6 is 0 Å². The first-order valence-corrected chi connectivity index (χ1v) is 7.40. The van der Waals surface area contributed by atoms with Crippen LogP contribution in [0, 0.1) is 5.92 Å². The predicted octanol–water partition coefficient (Wildman–Crippen LogP) is 0.640. The van der Waals surface area contributed by atoms with Crippen molar-refractivity contribution < 1.29 is 14.3 Å². The SMILES string of the molecule is COCCOCC(=O)N1CCCC1C1CCNCC1. The van der Waals surface area contributed by atoms with Gasteiger partial charge in [0.05, 0.1) is 13.2 Å². The molecule has 0 saturated carbocycles. The van der Waals surface area contributed by atoms with Gasteiger partial charge in [-0.2, -0.15) is 0 Å². The standard InChI is InChI=1S/C14H26N2O3/c1-18-9-10-19-11-14(17)16-8-2-3-13(16)12-4-6-15-7-5-12/h12-13,15H,2-11H2,1H3. The number of carbonyl (C=O) groups excluding carboxylic acids is 1. The number of nitrogens with zero attached hydrogens (tertiary/aromatic N) is 1. The van der Waals surface area contributed by atoms with Gasteiger partial charge in [-0.25, -0.2) is 0 Å². The first-order chi connectivity index (χ1) is 9.33. The largest absolute Gasteiger partial charge is 0.382 e. The molecule has 110 valence electrons. The van der Waals surface area contributed by atoms with Crippen molar-refractivity contribution in [2.75, 3.05) is 46.6 Å². The second-order valence-electron chi connectivity index (χ2n) is 5.43. The zero-order valence-electron chi connectivity index (χ0n) is 11.9. The highest BCUT2D eigenvalue weighted by molar-refractivity contribution is 5.78. The third-order valence-corrected chi connectivity index (χ3v) is 4.20. The molecular weight excluding hydrogens is 244 g/mol. The summed E-state index contributed by atoms with van der Waals surface area (Å²) in [4.78, 5) is 14.3. The molecule has 2 rings (SSSR count). The van der Waals surface area contributed by atoms with Crippen LogP contribution in [0.5, 0.6) is 0 Å². The van der Waals surface area contributed by atoms with Crippen LogP contribution in [0.15, 0.2) is 0 Å². The molecule has 2 fully saturated rings. The summed E-state index contributed by atoms with van der Waals surface area (Å²) < 4.78 is 10.3. The summed E-state index contributed by atoms with van der Waals surface area (Å²) in [5.74, 6) is 0.823. The van der Waals surface area contributed by atoms with E-state index in [2.05, 4.69) is 10.2 Å². The summed E-state index contributed by atoms with van der Waals surface area (Å²) in [6.07, 6.45) is 4.69. The van der Waals surface area contributed by atoms with Crippen LogP contribution in [0.2, 0.25) is 0 Å². The molecule has 5 heteroatoms. The molecule has 2 aliphatic rings. The van der Waals surface area contributed by atoms with Gasteiger partial charge in [-0.1, -0.05) is 0 Å². The topological polar surface area (TPSA) is 50.8 Å². The highest BCUT2D eigenvalue weighted by Gasteiger charge is 2.34. The molecule has 1 atom stereocenters. The number of hydrogen-bond acceptors (Lipinski definition) is 4. The van der Waals surface area contributed by atoms with Crippen molar-refractivity contribution in [3.05, 3.63) is 0 Å². The Balaban J connectivity index is 1.78. The van der Waals surface area contributed by atoms with E-state index in [4.69, 9.17) is 9.47 Å². The number of carbonyl (C=O) groups is 1. The summed E-state index contributed by atoms with van der Waals surface area (Å²) in [5.41, 5.74) is 0. The number of amides is 1. The molecule has 19 heavy (non-hydrogen) atoms. The molecule has 0 aromatic carbocycles. The molecule has 0 aromatic heterocycles. The Morgan fingerprint density at radius 1 is 1.26 bits per heavy atom. The Morgan fingerprint density at radius 2 is 2.05 bits per heavy atom. The van der Waals surface area contributed by atoms with Crippen molar-refractivity contribution in [3.63, 3.8) is 0 Å². The lowest BCUT2D eigenvalue weighted by Gasteiger charge is -2.34. The van der Waals surface area contributed by atoms with Crippen molar-refractivity contribution in [2.45, 2.75) is 31.7 Å². The van der Waals surface area contributed by atoms with E-state index in [1.54, 1.807) is 7.11 Å². The summed E-state index contributed by atoms with van der Waals surface area (Å²) in [6.45, 7) is 4.33. The monoisotopic (exact) mass is 270 g/mol. The van der Waals surface area contributed by atoms with Gasteiger partial charge in [-0.3, -0.25) is 4.79 Å². The fraction of sp³-hybridized carbons (Fsp3) is 0.929. The fourth-order valence-corrected chi connectivity index (χ4v) is 3.21. The van der Waals surface area contributed by atoms with Crippen LogP contribution in [0.4, 0.5) is 0 Å². The summed E-state index contributed by atoms with van der Waals surface area (Å²) in [7, 11) is 1.64. The lowest BCUT2D eigenvalue weighted by Crippen LogP contribution is -2.45. The molecule has 2 heterocycles. The van der Waals surface area contributed by atoms with Crippen LogP contribution in [0.3, 0.4) is 0 Å². The minimum Gasteiger partial charge on any atom is -0.382 e. The first kappa shape index (κ1) is 14.8. The third kappa shape index (κ3) is 4.16. The molecule has 0 spiro atoms. The van der Waals surface area contributed by atoms with Gasteiger partial charge in [0.1, 0.15) is 6.61 Å². The zero-order chi connectivity index (χ0) is 13.5. The van der Waals surface area contributed by atoms with Gasteiger partial charge in [0.2, 0.25) is 5.91 Å². The number of hydrogen-bond donors (Lipinski definition) is 1. The average Bonchev–Trinajstić information content (AvgIpc) is 2.94. The van der Waals surface area contributed by atoms with Crippen LogP contribution in [0.25, 0.3) is 0 Å². The minimum atomic E-state index is 0.150. The Labute approximate surface area is 115 Å². The van der Waals surface area contributed by atoms with Gasteiger partial charge in [0, 0.05) is 19.7 Å². The maximum absolute atomic E-state index is 12.2. The van der Waals surface area contributed by atoms with E-state index in [-0.39, 0.29) is 12.5 Å². The van der Waals surface area contributed by atoms with Crippen LogP contribution < -0.4 is 5.32 Å². The van der Waals surface area contributed by atoms with Gasteiger partial charge in [-0.15, -0.1) is 0 Å². The molecule has 0 aromatic rings. The fourth-order valence-electron chi connectivity index (χ4n) is 3.21. The van der Waals surface area contributed by atoms with Crippen molar-refractivity contribution in [1.82, 2.24) is 10.2 Å². The van der Waals surface area contributed by atoms with E-state index in [9.17, 15) is 4.79 Å². The number of nitrogens with one attached hydrogen (secondary N) is 1. The van der Waals surface area contributed by atoms with Crippen molar-refractivity contribution in [1.29, 1.82) is 0 Å². The normalized spacial score (nSPS) is 24.9. The Hall–Kier alpha value is -0.650.